The molecule has 2 aromatic rings. The number of nitro groups is 1. The van der Waals surface area contributed by atoms with Crippen LogP contribution >= 0.6 is 0 Å². The standard InChI is InChI=1S/C16H20N6O2/c23-22(24)14-15(20-12-6-3-1-2-4-7-12)18-11-19-16(14)21-13-8-5-9-17-10-13/h5,8-12H,1-4,6-7H2,(H2,18,19,20,21). The van der Waals surface area contributed by atoms with Gasteiger partial charge in [-0.25, -0.2) is 9.97 Å². The number of aromatic nitrogens is 3. The van der Waals surface area contributed by atoms with Gasteiger partial charge in [-0.2, -0.15) is 0 Å². The van der Waals surface area contributed by atoms with E-state index < -0.39 is 4.92 Å². The molecule has 0 unspecified atom stereocenters. The molecule has 2 N–H and O–H groups in total. The Kier molecular flexibility index (Phi) is 5.15. The highest BCUT2D eigenvalue weighted by Gasteiger charge is 2.25. The fourth-order valence-corrected chi connectivity index (χ4v) is 2.94. The molecule has 8 heteroatoms. The first-order chi connectivity index (χ1) is 11.7. The Bertz CT molecular complexity index is 686. The first kappa shape index (κ1) is 16.1. The minimum absolute atomic E-state index is 0.134. The highest BCUT2D eigenvalue weighted by molar-refractivity contribution is 5.73. The van der Waals surface area contributed by atoms with E-state index in [1.165, 1.54) is 19.2 Å². The summed E-state index contributed by atoms with van der Waals surface area (Å²) in [6, 6.07) is 3.74. The van der Waals surface area contributed by atoms with E-state index in [-0.39, 0.29) is 23.4 Å². The normalized spacial score (nSPS) is 15.5. The summed E-state index contributed by atoms with van der Waals surface area (Å²) < 4.78 is 0. The largest absolute Gasteiger partial charge is 0.361 e. The lowest BCUT2D eigenvalue weighted by molar-refractivity contribution is -0.383. The molecule has 3 rings (SSSR count). The maximum Gasteiger partial charge on any atom is 0.353 e. The molecular formula is C16H20N6O2. The van der Waals surface area contributed by atoms with Gasteiger partial charge in [-0.1, -0.05) is 25.7 Å². The maximum absolute atomic E-state index is 11.6. The van der Waals surface area contributed by atoms with Gasteiger partial charge < -0.3 is 10.6 Å². The molecule has 0 saturated heterocycles. The smallest absolute Gasteiger partial charge is 0.353 e. The van der Waals surface area contributed by atoms with Gasteiger partial charge in [0.2, 0.25) is 11.6 Å². The van der Waals surface area contributed by atoms with Crippen molar-refractivity contribution in [2.75, 3.05) is 10.6 Å². The molecule has 0 bridgehead atoms. The Morgan fingerprint density at radius 3 is 2.54 bits per heavy atom. The molecule has 1 aliphatic rings. The predicted molar refractivity (Wildman–Crippen MR) is 91.3 cm³/mol. The van der Waals surface area contributed by atoms with E-state index in [9.17, 15) is 10.1 Å². The van der Waals surface area contributed by atoms with Gasteiger partial charge in [0, 0.05) is 12.2 Å². The lowest BCUT2D eigenvalue weighted by atomic mass is 10.1. The van der Waals surface area contributed by atoms with Crippen molar-refractivity contribution >= 4 is 23.0 Å². The molecule has 0 spiro atoms. The Morgan fingerprint density at radius 1 is 1.12 bits per heavy atom. The predicted octanol–water partition coefficient (Wildman–Crippen LogP) is 3.66. The van der Waals surface area contributed by atoms with E-state index in [0.717, 1.165) is 25.7 Å². The monoisotopic (exact) mass is 328 g/mol. The minimum Gasteiger partial charge on any atom is -0.361 e. The summed E-state index contributed by atoms with van der Waals surface area (Å²) in [4.78, 5) is 23.3. The average molecular weight is 328 g/mol. The fraction of sp³-hybridized carbons (Fsp3) is 0.438. The Balaban J connectivity index is 1.86. The zero-order valence-electron chi connectivity index (χ0n) is 13.3. The summed E-state index contributed by atoms with van der Waals surface area (Å²) in [7, 11) is 0. The number of hydrogen-bond donors (Lipinski definition) is 2. The van der Waals surface area contributed by atoms with E-state index in [4.69, 9.17) is 0 Å². The van der Waals surface area contributed by atoms with Crippen LogP contribution in [0, 0.1) is 10.1 Å². The van der Waals surface area contributed by atoms with Crippen LogP contribution in [-0.2, 0) is 0 Å². The second-order valence-electron chi connectivity index (χ2n) is 5.88. The molecule has 0 radical (unpaired) electrons. The van der Waals surface area contributed by atoms with Crippen LogP contribution in [-0.4, -0.2) is 25.9 Å². The zero-order chi connectivity index (χ0) is 16.8. The quantitative estimate of drug-likeness (QED) is 0.490. The second-order valence-corrected chi connectivity index (χ2v) is 5.88. The number of nitrogens with one attached hydrogen (secondary N) is 2. The maximum atomic E-state index is 11.6. The molecule has 2 heterocycles. The van der Waals surface area contributed by atoms with E-state index in [0.29, 0.717) is 5.69 Å². The molecule has 2 aromatic heterocycles. The van der Waals surface area contributed by atoms with Gasteiger partial charge in [-0.3, -0.25) is 15.1 Å². The summed E-state index contributed by atoms with van der Waals surface area (Å²) in [5.41, 5.74) is 0.505. The van der Waals surface area contributed by atoms with Gasteiger partial charge in [0.1, 0.15) is 6.33 Å². The van der Waals surface area contributed by atoms with E-state index in [1.807, 2.05) is 0 Å². The molecule has 1 saturated carbocycles. The third-order valence-corrected chi connectivity index (χ3v) is 4.13. The van der Waals surface area contributed by atoms with E-state index >= 15 is 0 Å². The Hall–Kier alpha value is -2.77. The van der Waals surface area contributed by atoms with Crippen molar-refractivity contribution in [1.82, 2.24) is 15.0 Å². The topological polar surface area (TPSA) is 106 Å². The summed E-state index contributed by atoms with van der Waals surface area (Å²) >= 11 is 0. The lowest BCUT2D eigenvalue weighted by Crippen LogP contribution is -2.20. The van der Waals surface area contributed by atoms with Crippen LogP contribution in [0.15, 0.2) is 30.9 Å². The van der Waals surface area contributed by atoms with Gasteiger partial charge in [0.05, 0.1) is 16.8 Å². The first-order valence-electron chi connectivity index (χ1n) is 8.17. The van der Waals surface area contributed by atoms with Crippen LogP contribution in [0.1, 0.15) is 38.5 Å². The highest BCUT2D eigenvalue weighted by Crippen LogP contribution is 2.32. The number of pyridine rings is 1. The molecule has 0 aliphatic heterocycles. The summed E-state index contributed by atoms with van der Waals surface area (Å²) in [5, 5.41) is 17.8. The van der Waals surface area contributed by atoms with Gasteiger partial charge in [0.25, 0.3) is 0 Å². The fourth-order valence-electron chi connectivity index (χ4n) is 2.94. The minimum atomic E-state index is -0.447. The van der Waals surface area contributed by atoms with Crippen molar-refractivity contribution in [1.29, 1.82) is 0 Å². The molecule has 8 nitrogen and oxygen atoms in total. The van der Waals surface area contributed by atoms with Gasteiger partial charge in [0.15, 0.2) is 0 Å². The average Bonchev–Trinajstić information content (AvgIpc) is 2.84. The SMILES string of the molecule is O=[N+]([O-])c1c(Nc2cccnc2)ncnc1NC1CCCCCC1. The summed E-state index contributed by atoms with van der Waals surface area (Å²) in [6.45, 7) is 0. The molecule has 1 fully saturated rings. The molecule has 1 aliphatic carbocycles. The molecule has 0 atom stereocenters. The van der Waals surface area contributed by atoms with Crippen LogP contribution < -0.4 is 10.6 Å². The number of hydrogen-bond acceptors (Lipinski definition) is 7. The van der Waals surface area contributed by atoms with Crippen LogP contribution in [0.3, 0.4) is 0 Å². The summed E-state index contributed by atoms with van der Waals surface area (Å²) in [5.74, 6) is 0.437. The lowest BCUT2D eigenvalue weighted by Gasteiger charge is -2.17. The number of rotatable bonds is 5. The highest BCUT2D eigenvalue weighted by atomic mass is 16.6. The zero-order valence-corrected chi connectivity index (χ0v) is 13.3. The van der Waals surface area contributed by atoms with Crippen LogP contribution in [0.5, 0.6) is 0 Å². The van der Waals surface area contributed by atoms with Crippen molar-refractivity contribution in [3.8, 4) is 0 Å². The van der Waals surface area contributed by atoms with Gasteiger partial charge >= 0.3 is 5.69 Å². The Morgan fingerprint density at radius 2 is 1.88 bits per heavy atom. The van der Waals surface area contributed by atoms with Crippen molar-refractivity contribution in [2.45, 2.75) is 44.6 Å². The molecule has 0 amide bonds. The third kappa shape index (κ3) is 3.95. The van der Waals surface area contributed by atoms with Crippen molar-refractivity contribution in [3.63, 3.8) is 0 Å². The Labute approximate surface area is 139 Å². The van der Waals surface area contributed by atoms with Crippen molar-refractivity contribution in [3.05, 3.63) is 41.0 Å². The van der Waals surface area contributed by atoms with Gasteiger partial charge in [-0.05, 0) is 25.0 Å². The first-order valence-corrected chi connectivity index (χ1v) is 8.17. The summed E-state index contributed by atoms with van der Waals surface area (Å²) in [6.07, 6.45) is 11.3. The van der Waals surface area contributed by atoms with E-state index in [1.54, 1.807) is 24.5 Å². The molecular weight excluding hydrogens is 308 g/mol. The van der Waals surface area contributed by atoms with Crippen LogP contribution in [0.2, 0.25) is 0 Å². The van der Waals surface area contributed by atoms with Crippen LogP contribution in [0.4, 0.5) is 23.0 Å². The number of nitrogens with zero attached hydrogens (tertiary/aromatic N) is 4. The van der Waals surface area contributed by atoms with Crippen LogP contribution in [0.25, 0.3) is 0 Å². The van der Waals surface area contributed by atoms with Gasteiger partial charge in [-0.15, -0.1) is 0 Å². The second kappa shape index (κ2) is 7.67. The number of anilines is 3. The third-order valence-electron chi connectivity index (χ3n) is 4.13. The van der Waals surface area contributed by atoms with Crippen molar-refractivity contribution < 1.29 is 4.92 Å². The van der Waals surface area contributed by atoms with Crippen molar-refractivity contribution in [2.24, 2.45) is 0 Å². The molecule has 126 valence electrons. The molecule has 24 heavy (non-hydrogen) atoms. The van der Waals surface area contributed by atoms with E-state index in [2.05, 4.69) is 25.6 Å². The molecule has 0 aromatic carbocycles.